The zero-order valence-corrected chi connectivity index (χ0v) is 14.8. The maximum absolute atomic E-state index is 12.6. The average Bonchev–Trinajstić information content (AvgIpc) is 2.52. The quantitative estimate of drug-likeness (QED) is 0.788. The van der Waals surface area contributed by atoms with Crippen molar-refractivity contribution >= 4 is 34.8 Å². The second-order valence-corrected chi connectivity index (χ2v) is 6.63. The SMILES string of the molecule is CCN1CCC(CC(=O)N(CC)c2ccc(Cl)c(Cl)c2)CC1. The van der Waals surface area contributed by atoms with Gasteiger partial charge < -0.3 is 9.80 Å². The Morgan fingerprint density at radius 3 is 2.45 bits per heavy atom. The summed E-state index contributed by atoms with van der Waals surface area (Å²) in [6.07, 6.45) is 2.84. The maximum atomic E-state index is 12.6. The fourth-order valence-corrected chi connectivity index (χ4v) is 3.31. The molecule has 0 N–H and O–H groups in total. The Hall–Kier alpha value is -0.770. The first kappa shape index (κ1) is 17.6. The van der Waals surface area contributed by atoms with Gasteiger partial charge in [-0.1, -0.05) is 30.1 Å². The molecule has 22 heavy (non-hydrogen) atoms. The number of anilines is 1. The molecule has 1 aromatic rings. The van der Waals surface area contributed by atoms with Crippen molar-refractivity contribution in [2.24, 2.45) is 5.92 Å². The van der Waals surface area contributed by atoms with E-state index in [1.165, 1.54) is 0 Å². The van der Waals surface area contributed by atoms with Crippen molar-refractivity contribution in [3.63, 3.8) is 0 Å². The van der Waals surface area contributed by atoms with Crippen molar-refractivity contribution in [1.29, 1.82) is 0 Å². The van der Waals surface area contributed by atoms with Gasteiger partial charge in [-0.25, -0.2) is 0 Å². The molecule has 1 aliphatic heterocycles. The Kier molecular flexibility index (Phi) is 6.54. The van der Waals surface area contributed by atoms with Crippen molar-refractivity contribution < 1.29 is 4.79 Å². The number of piperidine rings is 1. The topological polar surface area (TPSA) is 23.6 Å². The van der Waals surface area contributed by atoms with E-state index in [0.717, 1.165) is 38.2 Å². The number of hydrogen-bond donors (Lipinski definition) is 0. The van der Waals surface area contributed by atoms with Gasteiger partial charge in [-0.15, -0.1) is 0 Å². The molecule has 0 bridgehead atoms. The van der Waals surface area contributed by atoms with E-state index in [9.17, 15) is 4.79 Å². The highest BCUT2D eigenvalue weighted by Crippen LogP contribution is 2.28. The average molecular weight is 343 g/mol. The highest BCUT2D eigenvalue weighted by Gasteiger charge is 2.23. The molecule has 1 amide bonds. The van der Waals surface area contributed by atoms with Crippen LogP contribution in [-0.4, -0.2) is 37.0 Å². The molecule has 1 aliphatic rings. The minimum Gasteiger partial charge on any atom is -0.313 e. The summed E-state index contributed by atoms with van der Waals surface area (Å²) in [6, 6.07) is 5.37. The predicted molar refractivity (Wildman–Crippen MR) is 93.9 cm³/mol. The summed E-state index contributed by atoms with van der Waals surface area (Å²) < 4.78 is 0. The van der Waals surface area contributed by atoms with Gasteiger partial charge >= 0.3 is 0 Å². The molecular formula is C17H24Cl2N2O. The Balaban J connectivity index is 1.98. The van der Waals surface area contributed by atoms with Crippen LogP contribution in [-0.2, 0) is 4.79 Å². The zero-order chi connectivity index (χ0) is 16.1. The molecule has 0 radical (unpaired) electrons. The van der Waals surface area contributed by atoms with Crippen molar-refractivity contribution in [2.45, 2.75) is 33.1 Å². The normalized spacial score (nSPS) is 16.7. The van der Waals surface area contributed by atoms with Gasteiger partial charge in [0.05, 0.1) is 10.0 Å². The first-order chi connectivity index (χ1) is 10.5. The van der Waals surface area contributed by atoms with E-state index in [1.807, 2.05) is 13.0 Å². The summed E-state index contributed by atoms with van der Waals surface area (Å²) in [7, 11) is 0. The smallest absolute Gasteiger partial charge is 0.227 e. The van der Waals surface area contributed by atoms with E-state index in [0.29, 0.717) is 28.9 Å². The van der Waals surface area contributed by atoms with Crippen LogP contribution in [0.15, 0.2) is 18.2 Å². The first-order valence-electron chi connectivity index (χ1n) is 8.02. The number of benzene rings is 1. The van der Waals surface area contributed by atoms with Gasteiger partial charge in [0, 0.05) is 18.7 Å². The Morgan fingerprint density at radius 2 is 1.91 bits per heavy atom. The monoisotopic (exact) mass is 342 g/mol. The second kappa shape index (κ2) is 8.19. The van der Waals surface area contributed by atoms with Gasteiger partial charge in [0.1, 0.15) is 0 Å². The fourth-order valence-electron chi connectivity index (χ4n) is 3.02. The number of nitrogens with zero attached hydrogens (tertiary/aromatic N) is 2. The van der Waals surface area contributed by atoms with Crippen LogP contribution in [0, 0.1) is 5.92 Å². The summed E-state index contributed by atoms with van der Waals surface area (Å²) in [5, 5.41) is 1.00. The third-order valence-corrected chi connectivity index (χ3v) is 5.19. The van der Waals surface area contributed by atoms with Crippen molar-refractivity contribution in [3.05, 3.63) is 28.2 Å². The number of amides is 1. The second-order valence-electron chi connectivity index (χ2n) is 5.82. The van der Waals surface area contributed by atoms with Crippen LogP contribution in [0.25, 0.3) is 0 Å². The molecule has 1 aromatic carbocycles. The molecule has 1 saturated heterocycles. The zero-order valence-electron chi connectivity index (χ0n) is 13.3. The molecule has 122 valence electrons. The van der Waals surface area contributed by atoms with E-state index in [-0.39, 0.29) is 5.91 Å². The molecule has 0 unspecified atom stereocenters. The summed E-state index contributed by atoms with van der Waals surface area (Å²) >= 11 is 12.0. The third-order valence-electron chi connectivity index (χ3n) is 4.45. The van der Waals surface area contributed by atoms with E-state index in [2.05, 4.69) is 11.8 Å². The van der Waals surface area contributed by atoms with Gasteiger partial charge in [0.2, 0.25) is 5.91 Å². The summed E-state index contributed by atoms with van der Waals surface area (Å²) in [5.74, 6) is 0.669. The lowest BCUT2D eigenvalue weighted by atomic mass is 9.93. The number of likely N-dealkylation sites (tertiary alicyclic amines) is 1. The van der Waals surface area contributed by atoms with Crippen molar-refractivity contribution in [1.82, 2.24) is 4.90 Å². The lowest BCUT2D eigenvalue weighted by Gasteiger charge is -2.32. The van der Waals surface area contributed by atoms with Crippen LogP contribution >= 0.6 is 23.2 Å². The number of carbonyl (C=O) groups excluding carboxylic acids is 1. The van der Waals surface area contributed by atoms with Crippen LogP contribution in [0.2, 0.25) is 10.0 Å². The fraction of sp³-hybridized carbons (Fsp3) is 0.588. The number of hydrogen-bond acceptors (Lipinski definition) is 2. The Bertz CT molecular complexity index is 513. The van der Waals surface area contributed by atoms with Gasteiger partial charge in [0.25, 0.3) is 0 Å². The van der Waals surface area contributed by atoms with Crippen LogP contribution in [0.4, 0.5) is 5.69 Å². The van der Waals surface area contributed by atoms with E-state index in [1.54, 1.807) is 17.0 Å². The van der Waals surface area contributed by atoms with E-state index in [4.69, 9.17) is 23.2 Å². The molecule has 0 saturated carbocycles. The van der Waals surface area contributed by atoms with Gasteiger partial charge in [-0.2, -0.15) is 0 Å². The van der Waals surface area contributed by atoms with E-state index < -0.39 is 0 Å². The molecule has 2 rings (SSSR count). The minimum absolute atomic E-state index is 0.177. The standard InChI is InChI=1S/C17H24Cl2N2O/c1-3-20-9-7-13(8-10-20)11-17(22)21(4-2)14-5-6-15(18)16(19)12-14/h5-6,12-13H,3-4,7-11H2,1-2H3. The molecule has 3 nitrogen and oxygen atoms in total. The lowest BCUT2D eigenvalue weighted by Crippen LogP contribution is -2.37. The largest absolute Gasteiger partial charge is 0.313 e. The number of halogens is 2. The molecule has 0 aromatic heterocycles. The summed E-state index contributed by atoms with van der Waals surface area (Å²) in [5.41, 5.74) is 0.827. The van der Waals surface area contributed by atoms with Crippen LogP contribution in [0.5, 0.6) is 0 Å². The molecule has 5 heteroatoms. The Labute approximate surface area is 143 Å². The molecule has 0 atom stereocenters. The molecule has 1 fully saturated rings. The summed E-state index contributed by atoms with van der Waals surface area (Å²) in [4.78, 5) is 16.9. The minimum atomic E-state index is 0.177. The lowest BCUT2D eigenvalue weighted by molar-refractivity contribution is -0.119. The highest BCUT2D eigenvalue weighted by molar-refractivity contribution is 6.42. The Morgan fingerprint density at radius 1 is 1.23 bits per heavy atom. The van der Waals surface area contributed by atoms with Crippen LogP contribution < -0.4 is 4.90 Å². The molecular weight excluding hydrogens is 319 g/mol. The molecule has 1 heterocycles. The number of rotatable bonds is 5. The van der Waals surface area contributed by atoms with Crippen molar-refractivity contribution in [2.75, 3.05) is 31.1 Å². The van der Waals surface area contributed by atoms with Gasteiger partial charge in [-0.3, -0.25) is 4.79 Å². The summed E-state index contributed by atoms with van der Waals surface area (Å²) in [6.45, 7) is 8.13. The molecule has 0 aliphatic carbocycles. The predicted octanol–water partition coefficient (Wildman–Crippen LogP) is 4.47. The van der Waals surface area contributed by atoms with Crippen LogP contribution in [0.3, 0.4) is 0 Å². The van der Waals surface area contributed by atoms with Gasteiger partial charge in [0.15, 0.2) is 0 Å². The first-order valence-corrected chi connectivity index (χ1v) is 8.78. The highest BCUT2D eigenvalue weighted by atomic mass is 35.5. The van der Waals surface area contributed by atoms with E-state index >= 15 is 0 Å². The number of carbonyl (C=O) groups is 1. The molecule has 0 spiro atoms. The van der Waals surface area contributed by atoms with Gasteiger partial charge in [-0.05, 0) is 63.5 Å². The maximum Gasteiger partial charge on any atom is 0.227 e. The van der Waals surface area contributed by atoms with Crippen molar-refractivity contribution in [3.8, 4) is 0 Å². The van der Waals surface area contributed by atoms with Crippen LogP contribution in [0.1, 0.15) is 33.1 Å². The third kappa shape index (κ3) is 4.37.